The average molecular weight is 304 g/mol. The Bertz CT molecular complexity index is 607. The van der Waals surface area contributed by atoms with E-state index in [0.29, 0.717) is 12.0 Å². The lowest BCUT2D eigenvalue weighted by Crippen LogP contribution is -2.40. The number of aryl methyl sites for hydroxylation is 1. The monoisotopic (exact) mass is 304 g/mol. The Morgan fingerprint density at radius 1 is 1.43 bits per heavy atom. The normalized spacial score (nSPS) is 17.6. The number of phenols is 1. The van der Waals surface area contributed by atoms with E-state index in [-0.39, 0.29) is 17.1 Å². The van der Waals surface area contributed by atoms with Gasteiger partial charge in [-0.3, -0.25) is 4.89 Å². The summed E-state index contributed by atoms with van der Waals surface area (Å²) in [5.41, 5.74) is -0.202. The molecular formula is C13H11F3O5. The van der Waals surface area contributed by atoms with Gasteiger partial charge in [0.2, 0.25) is 6.10 Å². The van der Waals surface area contributed by atoms with Crippen molar-refractivity contribution < 1.29 is 38.0 Å². The lowest BCUT2D eigenvalue weighted by Gasteiger charge is -2.27. The molecule has 0 spiro atoms. The number of aromatic hydroxyl groups is 1. The molecule has 0 saturated carbocycles. The molecule has 2 rings (SSSR count). The van der Waals surface area contributed by atoms with Crippen molar-refractivity contribution in [3.8, 4) is 11.5 Å². The molecule has 5 nitrogen and oxygen atoms in total. The fraction of sp³-hybridized carbons (Fsp3) is 0.308. The molecule has 1 aromatic carbocycles. The van der Waals surface area contributed by atoms with Gasteiger partial charge in [-0.2, -0.15) is 18.4 Å². The Kier molecular flexibility index (Phi) is 3.82. The summed E-state index contributed by atoms with van der Waals surface area (Å²) in [4.78, 5) is 14.7. The van der Waals surface area contributed by atoms with Crippen LogP contribution < -0.4 is 4.74 Å². The van der Waals surface area contributed by atoms with E-state index in [0.717, 1.165) is 12.1 Å². The highest BCUT2D eigenvalue weighted by Gasteiger charge is 2.49. The summed E-state index contributed by atoms with van der Waals surface area (Å²) in [6.45, 7) is 1.75. The van der Waals surface area contributed by atoms with Crippen LogP contribution in [0.2, 0.25) is 0 Å². The zero-order valence-corrected chi connectivity index (χ0v) is 10.8. The smallest absolute Gasteiger partial charge is 0.430 e. The van der Waals surface area contributed by atoms with E-state index in [1.165, 1.54) is 6.07 Å². The van der Waals surface area contributed by atoms with Crippen LogP contribution in [0.1, 0.15) is 18.1 Å². The molecule has 1 heterocycles. The van der Waals surface area contributed by atoms with Crippen LogP contribution in [-0.4, -0.2) is 28.6 Å². The van der Waals surface area contributed by atoms with Gasteiger partial charge in [0.25, 0.3) is 0 Å². The Balaban J connectivity index is 2.57. The first kappa shape index (κ1) is 15.2. The minimum absolute atomic E-state index is 0.186. The minimum atomic E-state index is -4.88. The highest BCUT2D eigenvalue weighted by molar-refractivity contribution is 5.96. The number of alkyl halides is 3. The highest BCUT2D eigenvalue weighted by atomic mass is 19.4. The molecule has 0 bridgehead atoms. The quantitative estimate of drug-likeness (QED) is 0.649. The zero-order valence-electron chi connectivity index (χ0n) is 10.8. The van der Waals surface area contributed by atoms with Crippen LogP contribution in [-0.2, 0) is 16.1 Å². The molecule has 2 N–H and O–H groups in total. The Hall–Kier alpha value is -2.22. The highest BCUT2D eigenvalue weighted by Crippen LogP contribution is 2.40. The summed E-state index contributed by atoms with van der Waals surface area (Å²) in [6, 6.07) is 2.46. The molecule has 0 fully saturated rings. The van der Waals surface area contributed by atoms with E-state index in [9.17, 15) is 23.1 Å². The summed E-state index contributed by atoms with van der Waals surface area (Å²) in [7, 11) is 0. The van der Waals surface area contributed by atoms with Gasteiger partial charge in [0, 0.05) is 11.6 Å². The predicted molar refractivity (Wildman–Crippen MR) is 64.7 cm³/mol. The predicted octanol–water partition coefficient (Wildman–Crippen LogP) is 2.68. The van der Waals surface area contributed by atoms with Crippen molar-refractivity contribution in [3.05, 3.63) is 28.8 Å². The van der Waals surface area contributed by atoms with Crippen LogP contribution in [0.3, 0.4) is 0 Å². The van der Waals surface area contributed by atoms with Crippen LogP contribution in [0.25, 0.3) is 6.08 Å². The summed E-state index contributed by atoms with van der Waals surface area (Å²) in [5.74, 6) is -1.95. The van der Waals surface area contributed by atoms with Gasteiger partial charge in [-0.05, 0) is 24.1 Å². The van der Waals surface area contributed by atoms with Crippen LogP contribution in [0.15, 0.2) is 17.7 Å². The Morgan fingerprint density at radius 2 is 2.10 bits per heavy atom. The molecule has 8 heteroatoms. The third-order valence-electron chi connectivity index (χ3n) is 3.05. The number of carbonyl (C=O) groups is 1. The van der Waals surface area contributed by atoms with Crippen LogP contribution in [0.4, 0.5) is 13.2 Å². The molecular weight excluding hydrogens is 293 g/mol. The second-order valence-corrected chi connectivity index (χ2v) is 4.39. The van der Waals surface area contributed by atoms with E-state index < -0.39 is 23.8 Å². The lowest BCUT2D eigenvalue weighted by atomic mass is 9.98. The summed E-state index contributed by atoms with van der Waals surface area (Å²) < 4.78 is 43.5. The fourth-order valence-electron chi connectivity index (χ4n) is 2.03. The van der Waals surface area contributed by atoms with Gasteiger partial charge >= 0.3 is 12.1 Å². The Morgan fingerprint density at radius 3 is 2.62 bits per heavy atom. The summed E-state index contributed by atoms with van der Waals surface area (Å²) >= 11 is 0. The molecule has 0 aromatic heterocycles. The van der Waals surface area contributed by atoms with Crippen molar-refractivity contribution in [2.75, 3.05) is 0 Å². The molecule has 1 unspecified atom stereocenters. The number of fused-ring (bicyclic) bond motifs is 1. The van der Waals surface area contributed by atoms with Crippen molar-refractivity contribution in [2.45, 2.75) is 25.6 Å². The second kappa shape index (κ2) is 5.28. The number of halogens is 3. The average Bonchev–Trinajstić information content (AvgIpc) is 2.43. The lowest BCUT2D eigenvalue weighted by molar-refractivity contribution is -0.235. The zero-order chi connectivity index (χ0) is 15.8. The molecule has 1 atom stereocenters. The van der Waals surface area contributed by atoms with Crippen LogP contribution in [0, 0.1) is 0 Å². The molecule has 1 aromatic rings. The first-order chi connectivity index (χ1) is 9.77. The molecule has 1 aliphatic heterocycles. The minimum Gasteiger partial charge on any atom is -0.508 e. The molecule has 114 valence electrons. The van der Waals surface area contributed by atoms with Crippen LogP contribution >= 0.6 is 0 Å². The Labute approximate surface area is 117 Å². The maximum Gasteiger partial charge on any atom is 0.430 e. The molecule has 1 aliphatic rings. The van der Waals surface area contributed by atoms with Gasteiger partial charge in [0.1, 0.15) is 11.5 Å². The SMILES string of the molecule is CCc1cc2c(cc1O)OC(C(F)(F)F)C(C(=O)OO)=C2. The third-order valence-corrected chi connectivity index (χ3v) is 3.05. The maximum absolute atomic E-state index is 12.9. The van der Waals surface area contributed by atoms with Crippen LogP contribution in [0.5, 0.6) is 11.5 Å². The number of phenolic OH excluding ortho intramolecular Hbond substituents is 1. The van der Waals surface area contributed by atoms with Gasteiger partial charge in [0.05, 0.1) is 5.57 Å². The number of rotatable bonds is 2. The van der Waals surface area contributed by atoms with Crippen molar-refractivity contribution in [1.29, 1.82) is 0 Å². The number of benzene rings is 1. The van der Waals surface area contributed by atoms with Gasteiger partial charge in [-0.25, -0.2) is 4.79 Å². The maximum atomic E-state index is 12.9. The van der Waals surface area contributed by atoms with Crippen molar-refractivity contribution >= 4 is 12.0 Å². The number of ether oxygens (including phenoxy) is 1. The second-order valence-electron chi connectivity index (χ2n) is 4.39. The van der Waals surface area contributed by atoms with Crippen molar-refractivity contribution in [1.82, 2.24) is 0 Å². The molecule has 0 amide bonds. The number of hydrogen-bond donors (Lipinski definition) is 2. The van der Waals surface area contributed by atoms with E-state index in [1.807, 2.05) is 0 Å². The standard InChI is InChI=1S/C13H11F3O5/c1-2-6-3-7-4-8(12(18)21-19)11(13(14,15)16)20-10(7)5-9(6)17/h3-5,11,17,19H,2H2,1H3. The third kappa shape index (κ3) is 2.80. The van der Waals surface area contributed by atoms with E-state index in [2.05, 4.69) is 4.89 Å². The van der Waals surface area contributed by atoms with Crippen molar-refractivity contribution in [2.24, 2.45) is 0 Å². The number of carbonyl (C=O) groups excluding carboxylic acids is 1. The van der Waals surface area contributed by atoms with Gasteiger partial charge in [0.15, 0.2) is 0 Å². The molecule has 21 heavy (non-hydrogen) atoms. The van der Waals surface area contributed by atoms with Gasteiger partial charge < -0.3 is 9.84 Å². The first-order valence-corrected chi connectivity index (χ1v) is 5.94. The molecule has 0 saturated heterocycles. The van der Waals surface area contributed by atoms with Gasteiger partial charge in [-0.15, -0.1) is 0 Å². The van der Waals surface area contributed by atoms with E-state index >= 15 is 0 Å². The van der Waals surface area contributed by atoms with Gasteiger partial charge in [-0.1, -0.05) is 6.92 Å². The summed E-state index contributed by atoms with van der Waals surface area (Å²) in [5, 5.41) is 18.0. The van der Waals surface area contributed by atoms with E-state index in [1.54, 1.807) is 6.92 Å². The molecule has 0 aliphatic carbocycles. The largest absolute Gasteiger partial charge is 0.508 e. The molecule has 0 radical (unpaired) electrons. The first-order valence-electron chi connectivity index (χ1n) is 5.94. The van der Waals surface area contributed by atoms with E-state index in [4.69, 9.17) is 9.99 Å². The summed E-state index contributed by atoms with van der Waals surface area (Å²) in [6.07, 6.45) is -6.09. The van der Waals surface area contributed by atoms with Crippen molar-refractivity contribution in [3.63, 3.8) is 0 Å². The number of hydrogen-bond acceptors (Lipinski definition) is 5. The fourth-order valence-corrected chi connectivity index (χ4v) is 2.03. The topological polar surface area (TPSA) is 76.0 Å².